The van der Waals surface area contributed by atoms with Crippen LogP contribution in [-0.4, -0.2) is 26.1 Å². The summed E-state index contributed by atoms with van der Waals surface area (Å²) in [4.78, 5) is 12.2. The molecule has 0 radical (unpaired) electrons. The maximum atomic E-state index is 10.7. The maximum absolute atomic E-state index is 10.7. The van der Waals surface area contributed by atoms with E-state index >= 15 is 0 Å². The zero-order valence-electron chi connectivity index (χ0n) is 9.40. The van der Waals surface area contributed by atoms with Gasteiger partial charge in [0.1, 0.15) is 0 Å². The zero-order valence-corrected chi connectivity index (χ0v) is 9.40. The molecule has 84 valence electrons. The average molecular weight is 211 g/mol. The summed E-state index contributed by atoms with van der Waals surface area (Å²) < 4.78 is 0. The largest absolute Gasteiger partial charge is 0.292 e. The third-order valence-corrected chi connectivity index (χ3v) is 1.88. The third kappa shape index (κ3) is 4.53. The Labute approximate surface area is 89.0 Å². The predicted octanol–water partition coefficient (Wildman–Crippen LogP) is 1.07. The SMILES string of the molecule is CC(=O)Nc1nnn(CCCC(C)C)n1. The smallest absolute Gasteiger partial charge is 0.270 e. The quantitative estimate of drug-likeness (QED) is 0.790. The van der Waals surface area contributed by atoms with E-state index in [0.717, 1.165) is 19.4 Å². The van der Waals surface area contributed by atoms with E-state index in [4.69, 9.17) is 0 Å². The highest BCUT2D eigenvalue weighted by Gasteiger charge is 2.03. The second kappa shape index (κ2) is 5.43. The molecular formula is C9H17N5O. The van der Waals surface area contributed by atoms with Crippen LogP contribution < -0.4 is 5.32 Å². The molecule has 0 bridgehead atoms. The Kier molecular flexibility index (Phi) is 4.20. The Balaban J connectivity index is 2.36. The van der Waals surface area contributed by atoms with Gasteiger partial charge in [-0.1, -0.05) is 18.9 Å². The summed E-state index contributed by atoms with van der Waals surface area (Å²) in [6, 6.07) is 0. The number of anilines is 1. The van der Waals surface area contributed by atoms with Crippen molar-refractivity contribution in [3.8, 4) is 0 Å². The van der Waals surface area contributed by atoms with E-state index < -0.39 is 0 Å². The van der Waals surface area contributed by atoms with E-state index in [2.05, 4.69) is 34.6 Å². The van der Waals surface area contributed by atoms with Gasteiger partial charge < -0.3 is 0 Å². The Bertz CT molecular complexity index is 320. The minimum absolute atomic E-state index is 0.184. The van der Waals surface area contributed by atoms with E-state index in [1.807, 2.05) is 0 Å². The lowest BCUT2D eigenvalue weighted by molar-refractivity contribution is -0.114. The van der Waals surface area contributed by atoms with Gasteiger partial charge in [0.15, 0.2) is 0 Å². The Morgan fingerprint density at radius 2 is 2.27 bits per heavy atom. The molecule has 0 aliphatic heterocycles. The monoisotopic (exact) mass is 211 g/mol. The van der Waals surface area contributed by atoms with Crippen molar-refractivity contribution in [3.63, 3.8) is 0 Å². The van der Waals surface area contributed by atoms with Crippen LogP contribution >= 0.6 is 0 Å². The molecule has 1 heterocycles. The van der Waals surface area contributed by atoms with Crippen LogP contribution in [0.3, 0.4) is 0 Å². The third-order valence-electron chi connectivity index (χ3n) is 1.88. The first-order chi connectivity index (χ1) is 7.08. The number of aryl methyl sites for hydroxylation is 1. The first kappa shape index (κ1) is 11.6. The highest BCUT2D eigenvalue weighted by Crippen LogP contribution is 2.04. The minimum atomic E-state index is -0.184. The number of rotatable bonds is 5. The number of nitrogens with zero attached hydrogens (tertiary/aromatic N) is 4. The maximum Gasteiger partial charge on any atom is 0.270 e. The summed E-state index contributed by atoms with van der Waals surface area (Å²) in [7, 11) is 0. The van der Waals surface area contributed by atoms with Gasteiger partial charge in [0.05, 0.1) is 6.54 Å². The van der Waals surface area contributed by atoms with Gasteiger partial charge in [-0.3, -0.25) is 10.1 Å². The molecule has 1 amide bonds. The Morgan fingerprint density at radius 3 is 2.87 bits per heavy atom. The molecule has 1 aromatic heterocycles. The van der Waals surface area contributed by atoms with Gasteiger partial charge >= 0.3 is 0 Å². The Morgan fingerprint density at radius 1 is 1.53 bits per heavy atom. The van der Waals surface area contributed by atoms with Gasteiger partial charge in [-0.2, -0.15) is 4.80 Å². The summed E-state index contributed by atoms with van der Waals surface area (Å²) in [5, 5.41) is 14.0. The molecule has 6 heteroatoms. The number of carbonyl (C=O) groups excluding carboxylic acids is 1. The van der Waals surface area contributed by atoms with Crippen molar-refractivity contribution in [2.24, 2.45) is 5.92 Å². The molecule has 0 saturated heterocycles. The zero-order chi connectivity index (χ0) is 11.3. The fraction of sp³-hybridized carbons (Fsp3) is 0.778. The second-order valence-electron chi connectivity index (χ2n) is 3.93. The molecule has 6 nitrogen and oxygen atoms in total. The lowest BCUT2D eigenvalue weighted by atomic mass is 10.1. The molecule has 0 saturated carbocycles. The van der Waals surface area contributed by atoms with Gasteiger partial charge in [-0.25, -0.2) is 0 Å². The van der Waals surface area contributed by atoms with E-state index in [-0.39, 0.29) is 11.9 Å². The summed E-state index contributed by atoms with van der Waals surface area (Å²) >= 11 is 0. The van der Waals surface area contributed by atoms with Gasteiger partial charge in [0.25, 0.3) is 5.95 Å². The van der Waals surface area contributed by atoms with E-state index in [9.17, 15) is 4.79 Å². The highest BCUT2D eigenvalue weighted by atomic mass is 16.1. The van der Waals surface area contributed by atoms with Crippen LogP contribution in [0, 0.1) is 5.92 Å². The van der Waals surface area contributed by atoms with Crippen molar-refractivity contribution in [2.75, 3.05) is 5.32 Å². The minimum Gasteiger partial charge on any atom is -0.292 e. The second-order valence-corrected chi connectivity index (χ2v) is 3.93. The molecule has 0 aromatic carbocycles. The van der Waals surface area contributed by atoms with Crippen LogP contribution in [-0.2, 0) is 11.3 Å². The van der Waals surface area contributed by atoms with E-state index in [1.165, 1.54) is 11.7 Å². The van der Waals surface area contributed by atoms with Crippen LogP contribution in [0.5, 0.6) is 0 Å². The van der Waals surface area contributed by atoms with Gasteiger partial charge in [0.2, 0.25) is 5.91 Å². The van der Waals surface area contributed by atoms with Crippen molar-refractivity contribution in [1.82, 2.24) is 20.2 Å². The van der Waals surface area contributed by atoms with Crippen LogP contribution in [0.15, 0.2) is 0 Å². The van der Waals surface area contributed by atoms with Crippen molar-refractivity contribution < 1.29 is 4.79 Å². The summed E-state index contributed by atoms with van der Waals surface area (Å²) in [5.74, 6) is 0.770. The fourth-order valence-corrected chi connectivity index (χ4v) is 1.19. The first-order valence-electron chi connectivity index (χ1n) is 5.13. The van der Waals surface area contributed by atoms with Crippen molar-refractivity contribution in [2.45, 2.75) is 40.2 Å². The van der Waals surface area contributed by atoms with Crippen LogP contribution in [0.4, 0.5) is 5.95 Å². The van der Waals surface area contributed by atoms with Crippen molar-refractivity contribution >= 4 is 11.9 Å². The van der Waals surface area contributed by atoms with Crippen molar-refractivity contribution in [1.29, 1.82) is 0 Å². The number of nitrogens with one attached hydrogen (secondary N) is 1. The van der Waals surface area contributed by atoms with E-state index in [1.54, 1.807) is 0 Å². The van der Waals surface area contributed by atoms with Gasteiger partial charge in [-0.05, 0) is 24.0 Å². The normalized spacial score (nSPS) is 10.7. The lowest BCUT2D eigenvalue weighted by Crippen LogP contribution is -2.08. The predicted molar refractivity (Wildman–Crippen MR) is 56.2 cm³/mol. The number of carbonyl (C=O) groups is 1. The Hall–Kier alpha value is -1.46. The van der Waals surface area contributed by atoms with Gasteiger partial charge in [-0.15, -0.1) is 5.10 Å². The number of hydrogen-bond acceptors (Lipinski definition) is 4. The number of amides is 1. The van der Waals surface area contributed by atoms with Crippen LogP contribution in [0.25, 0.3) is 0 Å². The molecule has 0 aliphatic carbocycles. The average Bonchev–Trinajstić information content (AvgIpc) is 2.50. The molecule has 0 atom stereocenters. The number of tetrazole rings is 1. The molecule has 1 aromatic rings. The molecule has 0 spiro atoms. The summed E-state index contributed by atoms with van der Waals surface area (Å²) in [6.07, 6.45) is 2.16. The van der Waals surface area contributed by atoms with E-state index in [0.29, 0.717) is 5.92 Å². The molecule has 1 N–H and O–H groups in total. The summed E-state index contributed by atoms with van der Waals surface area (Å²) in [5.41, 5.74) is 0. The molecule has 1 rings (SSSR count). The molecule has 0 fully saturated rings. The molecule has 0 aliphatic rings. The van der Waals surface area contributed by atoms with Gasteiger partial charge in [0, 0.05) is 6.92 Å². The molecular weight excluding hydrogens is 194 g/mol. The standard InChI is InChI=1S/C9H17N5O/c1-7(2)5-4-6-14-12-9(11-13-14)10-8(3)15/h7H,4-6H2,1-3H3,(H,10,12,15). The number of aromatic nitrogens is 4. The summed E-state index contributed by atoms with van der Waals surface area (Å²) in [6.45, 7) is 6.51. The lowest BCUT2D eigenvalue weighted by Gasteiger charge is -2.02. The first-order valence-corrected chi connectivity index (χ1v) is 5.13. The fourth-order valence-electron chi connectivity index (χ4n) is 1.19. The molecule has 0 unspecified atom stereocenters. The number of hydrogen-bond donors (Lipinski definition) is 1. The molecule has 15 heavy (non-hydrogen) atoms. The van der Waals surface area contributed by atoms with Crippen molar-refractivity contribution in [3.05, 3.63) is 0 Å². The highest BCUT2D eigenvalue weighted by molar-refractivity contribution is 5.86. The van der Waals surface area contributed by atoms with Crippen LogP contribution in [0.2, 0.25) is 0 Å². The topological polar surface area (TPSA) is 72.7 Å². The van der Waals surface area contributed by atoms with Crippen LogP contribution in [0.1, 0.15) is 33.6 Å².